The summed E-state index contributed by atoms with van der Waals surface area (Å²) in [5.74, 6) is 0. The number of nitrogens with one attached hydrogen (secondary N) is 2. The average Bonchev–Trinajstić information content (AvgIpc) is 2.35. The fourth-order valence-electron chi connectivity index (χ4n) is 0.827. The van der Waals surface area contributed by atoms with Crippen molar-refractivity contribution >= 4 is 47.0 Å². The Balaban J connectivity index is 0. The molecule has 0 aromatic rings. The van der Waals surface area contributed by atoms with Gasteiger partial charge in [0.2, 0.25) is 0 Å². The van der Waals surface area contributed by atoms with Crippen LogP contribution in [0.25, 0.3) is 0 Å². The van der Waals surface area contributed by atoms with E-state index in [-0.39, 0.29) is 17.1 Å². The van der Waals surface area contributed by atoms with E-state index < -0.39 is 0 Å². The predicted molar refractivity (Wildman–Crippen MR) is 78.6 cm³/mol. The molecule has 105 valence electrons. The molecule has 6 nitrogen and oxygen atoms in total. The summed E-state index contributed by atoms with van der Waals surface area (Å²) < 4.78 is 0. The van der Waals surface area contributed by atoms with E-state index in [0.29, 0.717) is 22.5 Å². The standard InChI is InChI=1S/C9H18N6S2.Cu/c1-5-7(13-15-9(17)11-4)6(2)12-14-8(16)10-3;/h5H2,1-4H3,(H2,10,14,16)(H2,11,15,17);/q;+2/p-2/b12-6+,13-7+;. The normalized spacial score (nSPS) is 14.0. The van der Waals surface area contributed by atoms with Crippen molar-refractivity contribution in [2.75, 3.05) is 14.1 Å². The number of aliphatic imine (C=N–C) groups is 2. The van der Waals surface area contributed by atoms with Crippen molar-refractivity contribution in [1.29, 1.82) is 0 Å². The molecule has 0 spiro atoms. The number of hydrogen-bond donors (Lipinski definition) is 2. The molecule has 0 saturated carbocycles. The van der Waals surface area contributed by atoms with E-state index in [0.717, 1.165) is 5.71 Å². The molecule has 0 amide bonds. The molecule has 0 saturated heterocycles. The minimum atomic E-state index is 0. The van der Waals surface area contributed by atoms with Gasteiger partial charge in [0.25, 0.3) is 0 Å². The molecule has 0 aromatic carbocycles. The molecule has 0 aliphatic carbocycles. The van der Waals surface area contributed by atoms with Crippen LogP contribution in [0.1, 0.15) is 20.3 Å². The van der Waals surface area contributed by atoms with Gasteiger partial charge in [-0.15, -0.1) is 0 Å². The molecule has 9 heteroatoms. The first-order chi connectivity index (χ1) is 8.04. The summed E-state index contributed by atoms with van der Waals surface area (Å²) in [6, 6.07) is 0. The molecule has 0 bridgehead atoms. The van der Waals surface area contributed by atoms with Gasteiger partial charge in [0, 0.05) is 14.1 Å². The second kappa shape index (κ2) is 11.3. The van der Waals surface area contributed by atoms with Gasteiger partial charge in [-0.3, -0.25) is 20.8 Å². The van der Waals surface area contributed by atoms with Crippen LogP contribution in [-0.4, -0.2) is 35.9 Å². The minimum absolute atomic E-state index is 0. The molecule has 0 unspecified atom stereocenters. The van der Waals surface area contributed by atoms with E-state index in [1.54, 1.807) is 14.1 Å². The topological polar surface area (TPSA) is 73.5 Å². The Morgan fingerprint density at radius 1 is 1.00 bits per heavy atom. The summed E-state index contributed by atoms with van der Waals surface area (Å²) in [5.41, 5.74) is 6.77. The van der Waals surface area contributed by atoms with Crippen molar-refractivity contribution < 1.29 is 17.1 Å². The van der Waals surface area contributed by atoms with Crippen molar-refractivity contribution in [2.24, 2.45) is 20.2 Å². The molecule has 2 N–H and O–H groups in total. The fraction of sp³-hybridized carbons (Fsp3) is 0.556. The van der Waals surface area contributed by atoms with Crippen LogP contribution in [0.15, 0.2) is 20.2 Å². The van der Waals surface area contributed by atoms with E-state index in [2.05, 4.69) is 31.0 Å². The average molecular weight is 336 g/mol. The smallest absolute Gasteiger partial charge is 0.741 e. The van der Waals surface area contributed by atoms with E-state index in [1.165, 1.54) is 0 Å². The summed E-state index contributed by atoms with van der Waals surface area (Å²) in [7, 11) is 3.19. The molecule has 0 aliphatic heterocycles. The Labute approximate surface area is 129 Å². The molecular weight excluding hydrogens is 320 g/mol. The third-order valence-electron chi connectivity index (χ3n) is 1.76. The fourth-order valence-corrected chi connectivity index (χ4v) is 0.919. The summed E-state index contributed by atoms with van der Waals surface area (Å²) in [6.45, 7) is 3.79. The zero-order chi connectivity index (χ0) is 13.3. The zero-order valence-corrected chi connectivity index (χ0v) is 13.2. The van der Waals surface area contributed by atoms with Gasteiger partial charge < -0.3 is 25.3 Å². The number of rotatable bonds is 4. The van der Waals surface area contributed by atoms with Crippen LogP contribution in [0.5, 0.6) is 0 Å². The Morgan fingerprint density at radius 2 is 1.44 bits per heavy atom. The maximum Gasteiger partial charge on any atom is 2.00 e. The molecule has 0 aromatic heterocycles. The quantitative estimate of drug-likeness (QED) is 0.256. The predicted octanol–water partition coefficient (Wildman–Crippen LogP) is 0.370. The number of nitrogens with zero attached hydrogens (tertiary/aromatic N) is 4. The van der Waals surface area contributed by atoms with Gasteiger partial charge in [-0.25, -0.2) is 0 Å². The van der Waals surface area contributed by atoms with Crippen molar-refractivity contribution in [3.8, 4) is 0 Å². The monoisotopic (exact) mass is 335 g/mol. The molecule has 0 atom stereocenters. The van der Waals surface area contributed by atoms with Crippen molar-refractivity contribution in [1.82, 2.24) is 10.9 Å². The van der Waals surface area contributed by atoms with Gasteiger partial charge >= 0.3 is 17.1 Å². The van der Waals surface area contributed by atoms with E-state index in [4.69, 9.17) is 25.3 Å². The van der Waals surface area contributed by atoms with Crippen LogP contribution in [-0.2, 0) is 42.3 Å². The van der Waals surface area contributed by atoms with Gasteiger partial charge in [-0.2, -0.15) is 10.2 Å². The third-order valence-corrected chi connectivity index (χ3v) is 2.31. The molecule has 0 heterocycles. The summed E-state index contributed by atoms with van der Waals surface area (Å²) in [4.78, 5) is 7.52. The maximum atomic E-state index is 4.86. The molecule has 0 fully saturated rings. The van der Waals surface area contributed by atoms with Crippen LogP contribution < -0.4 is 10.9 Å². The minimum Gasteiger partial charge on any atom is -0.741 e. The van der Waals surface area contributed by atoms with E-state index >= 15 is 0 Å². The summed E-state index contributed by atoms with van der Waals surface area (Å²) in [6.07, 6.45) is 0.715. The Hall–Kier alpha value is -0.761. The number of hydrogen-bond acceptors (Lipinski definition) is 6. The van der Waals surface area contributed by atoms with Crippen molar-refractivity contribution in [3.05, 3.63) is 0 Å². The van der Waals surface area contributed by atoms with Crippen LogP contribution in [0.2, 0.25) is 0 Å². The zero-order valence-electron chi connectivity index (χ0n) is 10.6. The van der Waals surface area contributed by atoms with Gasteiger partial charge in [0.05, 0.1) is 11.4 Å². The van der Waals surface area contributed by atoms with Gasteiger partial charge in [0.1, 0.15) is 0 Å². The van der Waals surface area contributed by atoms with E-state index in [9.17, 15) is 0 Å². The van der Waals surface area contributed by atoms with E-state index in [1.807, 2.05) is 13.8 Å². The van der Waals surface area contributed by atoms with Gasteiger partial charge in [-0.05, 0) is 23.7 Å². The maximum absolute atomic E-state index is 4.86. The van der Waals surface area contributed by atoms with Crippen LogP contribution in [0.4, 0.5) is 0 Å². The first-order valence-corrected chi connectivity index (χ1v) is 5.77. The second-order valence-corrected chi connectivity index (χ2v) is 3.66. The Bertz CT molecular complexity index is 364. The summed E-state index contributed by atoms with van der Waals surface area (Å²) in [5, 5.41) is 8.82. The Kier molecular flexibility index (Phi) is 12.3. The molecule has 1 radical (unpaired) electrons. The largest absolute Gasteiger partial charge is 2.00 e. The SMILES string of the molecule is CCC(=N\NC([S-])=NC)/C(C)=N/NC([S-])=NC.[Cu+2]. The summed E-state index contributed by atoms with van der Waals surface area (Å²) >= 11 is 9.70. The van der Waals surface area contributed by atoms with Crippen molar-refractivity contribution in [3.63, 3.8) is 0 Å². The third kappa shape index (κ3) is 8.35. The molecule has 18 heavy (non-hydrogen) atoms. The van der Waals surface area contributed by atoms with Crippen LogP contribution in [0.3, 0.4) is 0 Å². The second-order valence-electron chi connectivity index (χ2n) is 2.89. The number of amidine groups is 2. The van der Waals surface area contributed by atoms with Crippen LogP contribution >= 0.6 is 0 Å². The molecule has 0 rings (SSSR count). The molecular formula is C9H16CuN6S2. The van der Waals surface area contributed by atoms with Gasteiger partial charge in [0.15, 0.2) is 0 Å². The molecule has 0 aliphatic rings. The first-order valence-electron chi connectivity index (χ1n) is 4.95. The number of hydrazone groups is 2. The first kappa shape index (κ1) is 19.6. The Morgan fingerprint density at radius 3 is 1.83 bits per heavy atom. The van der Waals surface area contributed by atoms with Crippen LogP contribution in [0, 0.1) is 0 Å². The van der Waals surface area contributed by atoms with Gasteiger partial charge in [-0.1, -0.05) is 6.92 Å². The van der Waals surface area contributed by atoms with Crippen molar-refractivity contribution in [2.45, 2.75) is 20.3 Å².